The van der Waals surface area contributed by atoms with Gasteiger partial charge in [0.2, 0.25) is 0 Å². The number of phenols is 1. The predicted molar refractivity (Wildman–Crippen MR) is 93.8 cm³/mol. The van der Waals surface area contributed by atoms with Crippen LogP contribution in [0.2, 0.25) is 0 Å². The monoisotopic (exact) mass is 325 g/mol. The van der Waals surface area contributed by atoms with E-state index in [9.17, 15) is 9.90 Å². The molecule has 0 aliphatic carbocycles. The molecule has 1 aliphatic rings. The number of benzene rings is 1. The lowest BCUT2D eigenvalue weighted by atomic mass is 9.95. The van der Waals surface area contributed by atoms with Crippen LogP contribution in [0.4, 0.5) is 5.82 Å². The minimum absolute atomic E-state index is 0.0412. The van der Waals surface area contributed by atoms with E-state index in [1.54, 1.807) is 30.5 Å². The molecule has 1 aromatic carbocycles. The summed E-state index contributed by atoms with van der Waals surface area (Å²) in [7, 11) is 0. The highest BCUT2D eigenvalue weighted by molar-refractivity contribution is 5.95. The van der Waals surface area contributed by atoms with E-state index in [0.29, 0.717) is 11.4 Å². The van der Waals surface area contributed by atoms with Gasteiger partial charge in [-0.25, -0.2) is 4.98 Å². The van der Waals surface area contributed by atoms with Crippen LogP contribution < -0.4 is 5.73 Å². The van der Waals surface area contributed by atoms with Crippen LogP contribution in [0.15, 0.2) is 42.6 Å². The van der Waals surface area contributed by atoms with Gasteiger partial charge in [0.1, 0.15) is 11.6 Å². The molecular formula is C19H23N3O2. The van der Waals surface area contributed by atoms with E-state index in [4.69, 9.17) is 5.73 Å². The van der Waals surface area contributed by atoms with Crippen molar-refractivity contribution in [1.82, 2.24) is 9.88 Å². The van der Waals surface area contributed by atoms with Crippen LogP contribution in [-0.2, 0) is 6.42 Å². The lowest BCUT2D eigenvalue weighted by Gasteiger charge is -2.36. The van der Waals surface area contributed by atoms with Gasteiger partial charge in [0.05, 0.1) is 0 Å². The van der Waals surface area contributed by atoms with Gasteiger partial charge in [-0.05, 0) is 61.9 Å². The summed E-state index contributed by atoms with van der Waals surface area (Å²) < 4.78 is 0. The molecule has 3 N–H and O–H groups in total. The zero-order valence-electron chi connectivity index (χ0n) is 13.7. The summed E-state index contributed by atoms with van der Waals surface area (Å²) in [6.07, 6.45) is 6.64. The minimum Gasteiger partial charge on any atom is -0.508 e. The Morgan fingerprint density at radius 2 is 2.04 bits per heavy atom. The summed E-state index contributed by atoms with van der Waals surface area (Å²) in [5.41, 5.74) is 7.49. The zero-order chi connectivity index (χ0) is 16.9. The summed E-state index contributed by atoms with van der Waals surface area (Å²) >= 11 is 0. The van der Waals surface area contributed by atoms with E-state index < -0.39 is 0 Å². The molecule has 5 heteroatoms. The third-order valence-electron chi connectivity index (χ3n) is 4.62. The third kappa shape index (κ3) is 3.85. The van der Waals surface area contributed by atoms with Gasteiger partial charge in [0.15, 0.2) is 0 Å². The number of aromatic nitrogens is 1. The van der Waals surface area contributed by atoms with Crippen molar-refractivity contribution in [3.8, 4) is 5.75 Å². The number of hydrogen-bond acceptors (Lipinski definition) is 4. The molecule has 24 heavy (non-hydrogen) atoms. The Balaban J connectivity index is 1.68. The van der Waals surface area contributed by atoms with Crippen molar-refractivity contribution in [3.05, 3.63) is 53.7 Å². The SMILES string of the molecule is Nc1cc(C(=O)N2CCCCC2CCc2ccc(O)cc2)ccn1. The Morgan fingerprint density at radius 1 is 1.25 bits per heavy atom. The number of carbonyl (C=O) groups excluding carboxylic acids is 1. The molecule has 0 bridgehead atoms. The molecule has 0 saturated carbocycles. The first kappa shape index (κ1) is 16.3. The second-order valence-corrected chi connectivity index (χ2v) is 6.32. The molecular weight excluding hydrogens is 302 g/mol. The fourth-order valence-electron chi connectivity index (χ4n) is 3.31. The first-order chi connectivity index (χ1) is 11.6. The van der Waals surface area contributed by atoms with E-state index >= 15 is 0 Å². The van der Waals surface area contributed by atoms with Crippen molar-refractivity contribution in [2.75, 3.05) is 12.3 Å². The van der Waals surface area contributed by atoms with Crippen LogP contribution in [0.25, 0.3) is 0 Å². The number of nitrogens with two attached hydrogens (primary N) is 1. The smallest absolute Gasteiger partial charge is 0.254 e. The van der Waals surface area contributed by atoms with Gasteiger partial charge >= 0.3 is 0 Å². The van der Waals surface area contributed by atoms with Gasteiger partial charge in [0.25, 0.3) is 5.91 Å². The minimum atomic E-state index is 0.0412. The fraction of sp³-hybridized carbons (Fsp3) is 0.368. The molecule has 1 amide bonds. The van der Waals surface area contributed by atoms with E-state index in [0.717, 1.165) is 38.6 Å². The molecule has 1 unspecified atom stereocenters. The molecule has 3 rings (SSSR count). The predicted octanol–water partition coefficient (Wildman–Crippen LogP) is 3.00. The number of piperidine rings is 1. The fourth-order valence-corrected chi connectivity index (χ4v) is 3.31. The first-order valence-corrected chi connectivity index (χ1v) is 8.44. The van der Waals surface area contributed by atoms with Crippen molar-refractivity contribution in [2.24, 2.45) is 0 Å². The zero-order valence-corrected chi connectivity index (χ0v) is 13.7. The van der Waals surface area contributed by atoms with Gasteiger partial charge in [-0.15, -0.1) is 0 Å². The maximum absolute atomic E-state index is 12.8. The first-order valence-electron chi connectivity index (χ1n) is 8.44. The number of likely N-dealkylation sites (tertiary alicyclic amines) is 1. The highest BCUT2D eigenvalue weighted by Crippen LogP contribution is 2.24. The number of pyridine rings is 1. The van der Waals surface area contributed by atoms with E-state index in [-0.39, 0.29) is 17.7 Å². The van der Waals surface area contributed by atoms with Crippen molar-refractivity contribution in [1.29, 1.82) is 0 Å². The van der Waals surface area contributed by atoms with Crippen LogP contribution in [0, 0.1) is 0 Å². The molecule has 0 spiro atoms. The number of amides is 1. The van der Waals surface area contributed by atoms with Crippen molar-refractivity contribution in [3.63, 3.8) is 0 Å². The van der Waals surface area contributed by atoms with Crippen LogP contribution in [0.5, 0.6) is 5.75 Å². The summed E-state index contributed by atoms with van der Waals surface area (Å²) in [5, 5.41) is 9.37. The Labute approximate surface area is 142 Å². The van der Waals surface area contributed by atoms with E-state index in [2.05, 4.69) is 4.98 Å². The summed E-state index contributed by atoms with van der Waals surface area (Å²) in [5.74, 6) is 0.696. The van der Waals surface area contributed by atoms with Crippen molar-refractivity contribution < 1.29 is 9.90 Å². The largest absolute Gasteiger partial charge is 0.508 e. The quantitative estimate of drug-likeness (QED) is 0.905. The lowest BCUT2D eigenvalue weighted by Crippen LogP contribution is -2.44. The number of rotatable bonds is 4. The van der Waals surface area contributed by atoms with Gasteiger partial charge in [-0.3, -0.25) is 4.79 Å². The normalized spacial score (nSPS) is 17.7. The number of aryl methyl sites for hydroxylation is 1. The van der Waals surface area contributed by atoms with Crippen LogP contribution >= 0.6 is 0 Å². The molecule has 1 aromatic heterocycles. The van der Waals surface area contributed by atoms with Crippen LogP contribution in [-0.4, -0.2) is 33.5 Å². The summed E-state index contributed by atoms with van der Waals surface area (Å²) in [4.78, 5) is 18.8. The van der Waals surface area contributed by atoms with Gasteiger partial charge in [-0.2, -0.15) is 0 Å². The molecule has 1 atom stereocenters. The third-order valence-corrected chi connectivity index (χ3v) is 4.62. The molecule has 2 aromatic rings. The standard InChI is InChI=1S/C19H23N3O2/c20-18-13-15(10-11-21-18)19(24)22-12-2-1-3-16(22)7-4-14-5-8-17(23)9-6-14/h5-6,8-11,13,16,23H,1-4,7,12H2,(H2,20,21). The lowest BCUT2D eigenvalue weighted by molar-refractivity contribution is 0.0602. The van der Waals surface area contributed by atoms with Gasteiger partial charge < -0.3 is 15.7 Å². The number of aromatic hydroxyl groups is 1. The maximum Gasteiger partial charge on any atom is 0.254 e. The van der Waals surface area contributed by atoms with Crippen molar-refractivity contribution >= 4 is 11.7 Å². The molecule has 5 nitrogen and oxygen atoms in total. The Hall–Kier alpha value is -2.56. The van der Waals surface area contributed by atoms with Gasteiger partial charge in [-0.1, -0.05) is 12.1 Å². The van der Waals surface area contributed by atoms with E-state index in [1.807, 2.05) is 17.0 Å². The summed E-state index contributed by atoms with van der Waals surface area (Å²) in [6, 6.07) is 10.9. The highest BCUT2D eigenvalue weighted by Gasteiger charge is 2.27. The molecule has 1 aliphatic heterocycles. The Kier molecular flexibility index (Phi) is 4.99. The number of nitrogen functional groups attached to an aromatic ring is 1. The average Bonchev–Trinajstić information content (AvgIpc) is 2.61. The summed E-state index contributed by atoms with van der Waals surface area (Å²) in [6.45, 7) is 0.793. The highest BCUT2D eigenvalue weighted by atomic mass is 16.3. The van der Waals surface area contributed by atoms with Gasteiger partial charge in [0, 0.05) is 24.3 Å². The number of nitrogens with zero attached hydrogens (tertiary/aromatic N) is 2. The second-order valence-electron chi connectivity index (χ2n) is 6.32. The van der Waals surface area contributed by atoms with Crippen molar-refractivity contribution in [2.45, 2.75) is 38.1 Å². The number of phenolic OH excluding ortho intramolecular Hbond substituents is 1. The Morgan fingerprint density at radius 3 is 2.79 bits per heavy atom. The number of carbonyl (C=O) groups is 1. The molecule has 2 heterocycles. The second kappa shape index (κ2) is 7.34. The number of anilines is 1. The Bertz CT molecular complexity index is 700. The van der Waals surface area contributed by atoms with Crippen LogP contribution in [0.1, 0.15) is 41.6 Å². The average molecular weight is 325 g/mol. The molecule has 126 valence electrons. The maximum atomic E-state index is 12.8. The molecule has 1 fully saturated rings. The van der Waals surface area contributed by atoms with Crippen LogP contribution in [0.3, 0.4) is 0 Å². The topological polar surface area (TPSA) is 79.5 Å². The van der Waals surface area contributed by atoms with E-state index in [1.165, 1.54) is 5.56 Å². The molecule has 0 radical (unpaired) electrons. The number of hydrogen-bond donors (Lipinski definition) is 2. The molecule has 1 saturated heterocycles.